The molecule has 0 radical (unpaired) electrons. The molecule has 3 rings (SSSR count). The Labute approximate surface area is 157 Å². The summed E-state index contributed by atoms with van der Waals surface area (Å²) < 4.78 is 19.4. The zero-order valence-electron chi connectivity index (χ0n) is 14.9. The molecule has 0 aliphatic carbocycles. The van der Waals surface area contributed by atoms with Crippen LogP contribution in [-0.4, -0.2) is 16.9 Å². The molecule has 0 saturated heterocycles. The average Bonchev–Trinajstić information content (AvgIpc) is 2.69. The first kappa shape index (κ1) is 18.4. The molecule has 0 fully saturated rings. The third-order valence-electron chi connectivity index (χ3n) is 3.87. The van der Waals surface area contributed by atoms with Crippen LogP contribution in [0.1, 0.15) is 12.5 Å². The van der Waals surface area contributed by atoms with Crippen molar-refractivity contribution in [1.82, 2.24) is 4.98 Å². The summed E-state index contributed by atoms with van der Waals surface area (Å²) in [4.78, 5) is 16.3. The van der Waals surface area contributed by atoms with Crippen molar-refractivity contribution in [1.29, 1.82) is 0 Å². The Kier molecular flexibility index (Phi) is 5.99. The summed E-state index contributed by atoms with van der Waals surface area (Å²) in [6.45, 7) is 2.11. The Bertz CT molecular complexity index is 903. The molecule has 1 aromatic heterocycles. The summed E-state index contributed by atoms with van der Waals surface area (Å²) in [6.07, 6.45) is 3.46. The van der Waals surface area contributed by atoms with Gasteiger partial charge in [0.05, 0.1) is 5.69 Å². The van der Waals surface area contributed by atoms with Crippen LogP contribution in [0.4, 0.5) is 15.8 Å². The van der Waals surface area contributed by atoms with E-state index in [0.29, 0.717) is 12.4 Å². The van der Waals surface area contributed by atoms with Gasteiger partial charge in [0.2, 0.25) is 5.91 Å². The summed E-state index contributed by atoms with van der Waals surface area (Å²) in [5.41, 5.74) is 1.85. The third-order valence-corrected chi connectivity index (χ3v) is 3.87. The van der Waals surface area contributed by atoms with Gasteiger partial charge in [-0.15, -0.1) is 0 Å². The van der Waals surface area contributed by atoms with Crippen molar-refractivity contribution in [2.24, 2.45) is 0 Å². The van der Waals surface area contributed by atoms with Crippen LogP contribution in [0, 0.1) is 5.82 Å². The highest BCUT2D eigenvalue weighted by molar-refractivity contribution is 5.96. The number of nitrogens with zero attached hydrogens (tertiary/aromatic N) is 1. The standard InChI is InChI=1S/C21H20FN3O2/c1-15(21(26)25-20-10-3-2-9-19(20)22)24-17-7-4-8-18(12-17)27-14-16-6-5-11-23-13-16/h2-13,15,24H,14H2,1H3,(H,25,26). The van der Waals surface area contributed by atoms with E-state index in [1.165, 1.54) is 12.1 Å². The Hall–Kier alpha value is -3.41. The molecular weight excluding hydrogens is 345 g/mol. The molecule has 0 saturated carbocycles. The van der Waals surface area contributed by atoms with Crippen molar-refractivity contribution in [3.05, 3.63) is 84.4 Å². The third kappa shape index (κ3) is 5.28. The summed E-state index contributed by atoms with van der Waals surface area (Å²) in [5, 5.41) is 5.67. The van der Waals surface area contributed by atoms with Crippen LogP contribution < -0.4 is 15.4 Å². The van der Waals surface area contributed by atoms with Crippen LogP contribution >= 0.6 is 0 Å². The normalized spacial score (nSPS) is 11.5. The molecule has 5 nitrogen and oxygen atoms in total. The monoisotopic (exact) mass is 365 g/mol. The number of ether oxygens (including phenoxy) is 1. The minimum atomic E-state index is -0.557. The van der Waals surface area contributed by atoms with E-state index in [9.17, 15) is 9.18 Å². The largest absolute Gasteiger partial charge is 0.489 e. The highest BCUT2D eigenvalue weighted by atomic mass is 19.1. The topological polar surface area (TPSA) is 63.2 Å². The van der Waals surface area contributed by atoms with E-state index in [-0.39, 0.29) is 11.6 Å². The molecule has 2 aromatic carbocycles. The number of halogens is 1. The van der Waals surface area contributed by atoms with E-state index in [0.717, 1.165) is 11.3 Å². The first-order chi connectivity index (χ1) is 13.1. The van der Waals surface area contributed by atoms with Crippen molar-refractivity contribution in [2.75, 3.05) is 10.6 Å². The van der Waals surface area contributed by atoms with E-state index >= 15 is 0 Å². The van der Waals surface area contributed by atoms with Crippen LogP contribution in [-0.2, 0) is 11.4 Å². The number of amides is 1. The van der Waals surface area contributed by atoms with E-state index < -0.39 is 11.9 Å². The summed E-state index contributed by atoms with van der Waals surface area (Å²) >= 11 is 0. The zero-order valence-corrected chi connectivity index (χ0v) is 14.9. The number of hydrogen-bond donors (Lipinski definition) is 2. The molecule has 0 aliphatic heterocycles. The van der Waals surface area contributed by atoms with Gasteiger partial charge in [-0.25, -0.2) is 4.39 Å². The molecule has 1 atom stereocenters. The van der Waals surface area contributed by atoms with E-state index in [1.807, 2.05) is 36.4 Å². The molecule has 2 N–H and O–H groups in total. The number of aromatic nitrogens is 1. The first-order valence-corrected chi connectivity index (χ1v) is 8.55. The van der Waals surface area contributed by atoms with Crippen LogP contribution in [0.15, 0.2) is 73.1 Å². The Morgan fingerprint density at radius 1 is 1.15 bits per heavy atom. The molecule has 0 spiro atoms. The van der Waals surface area contributed by atoms with Crippen LogP contribution in [0.25, 0.3) is 0 Å². The lowest BCUT2D eigenvalue weighted by Gasteiger charge is -2.16. The average molecular weight is 365 g/mol. The van der Waals surface area contributed by atoms with Crippen molar-refractivity contribution in [3.8, 4) is 5.75 Å². The molecule has 3 aromatic rings. The highest BCUT2D eigenvalue weighted by Gasteiger charge is 2.14. The van der Waals surface area contributed by atoms with Gasteiger partial charge in [-0.3, -0.25) is 9.78 Å². The van der Waals surface area contributed by atoms with E-state index in [4.69, 9.17) is 4.74 Å². The number of carbonyl (C=O) groups is 1. The summed E-state index contributed by atoms with van der Waals surface area (Å²) in [6, 6.07) is 16.6. The fraction of sp³-hybridized carbons (Fsp3) is 0.143. The van der Waals surface area contributed by atoms with Crippen molar-refractivity contribution in [3.63, 3.8) is 0 Å². The second kappa shape index (κ2) is 8.80. The second-order valence-electron chi connectivity index (χ2n) is 6.01. The van der Waals surface area contributed by atoms with Gasteiger partial charge < -0.3 is 15.4 Å². The molecule has 1 heterocycles. The summed E-state index contributed by atoms with van der Waals surface area (Å²) in [7, 11) is 0. The fourth-order valence-corrected chi connectivity index (χ4v) is 2.44. The smallest absolute Gasteiger partial charge is 0.246 e. The second-order valence-corrected chi connectivity index (χ2v) is 6.01. The molecule has 0 aliphatic rings. The lowest BCUT2D eigenvalue weighted by Crippen LogP contribution is -2.32. The molecular formula is C21H20FN3O2. The van der Waals surface area contributed by atoms with Gasteiger partial charge in [-0.05, 0) is 37.3 Å². The fourth-order valence-electron chi connectivity index (χ4n) is 2.44. The van der Waals surface area contributed by atoms with Crippen molar-refractivity contribution < 1.29 is 13.9 Å². The van der Waals surface area contributed by atoms with Crippen LogP contribution in [0.5, 0.6) is 5.75 Å². The molecule has 27 heavy (non-hydrogen) atoms. The summed E-state index contributed by atoms with van der Waals surface area (Å²) in [5.74, 6) is -0.129. The number of para-hydroxylation sites is 1. The minimum Gasteiger partial charge on any atom is -0.489 e. The van der Waals surface area contributed by atoms with Gasteiger partial charge in [-0.1, -0.05) is 24.3 Å². The zero-order chi connectivity index (χ0) is 19.1. The SMILES string of the molecule is CC(Nc1cccc(OCc2cccnc2)c1)C(=O)Nc1ccccc1F. The minimum absolute atomic E-state index is 0.157. The maximum atomic E-state index is 13.7. The number of pyridine rings is 1. The van der Waals surface area contributed by atoms with Gasteiger partial charge >= 0.3 is 0 Å². The quantitative estimate of drug-likeness (QED) is 0.657. The van der Waals surface area contributed by atoms with Gasteiger partial charge in [-0.2, -0.15) is 0 Å². The number of rotatable bonds is 7. The predicted molar refractivity (Wildman–Crippen MR) is 103 cm³/mol. The van der Waals surface area contributed by atoms with Gasteiger partial charge in [0.15, 0.2) is 0 Å². The Balaban J connectivity index is 1.58. The van der Waals surface area contributed by atoms with Crippen LogP contribution in [0.3, 0.4) is 0 Å². The van der Waals surface area contributed by atoms with E-state index in [1.54, 1.807) is 31.5 Å². The maximum Gasteiger partial charge on any atom is 0.246 e. The maximum absolute atomic E-state index is 13.7. The Morgan fingerprint density at radius 3 is 2.78 bits per heavy atom. The van der Waals surface area contributed by atoms with E-state index in [2.05, 4.69) is 15.6 Å². The number of hydrogen-bond acceptors (Lipinski definition) is 4. The molecule has 138 valence electrons. The number of anilines is 2. The molecule has 6 heteroatoms. The van der Waals surface area contributed by atoms with Gasteiger partial charge in [0.1, 0.15) is 24.2 Å². The molecule has 1 amide bonds. The number of carbonyl (C=O) groups excluding carboxylic acids is 1. The predicted octanol–water partition coefficient (Wildman–Crippen LogP) is 4.24. The van der Waals surface area contributed by atoms with Gasteiger partial charge in [0, 0.05) is 29.7 Å². The van der Waals surface area contributed by atoms with Crippen LogP contribution in [0.2, 0.25) is 0 Å². The first-order valence-electron chi connectivity index (χ1n) is 8.55. The Morgan fingerprint density at radius 2 is 2.00 bits per heavy atom. The lowest BCUT2D eigenvalue weighted by molar-refractivity contribution is -0.116. The molecule has 0 bridgehead atoms. The van der Waals surface area contributed by atoms with Gasteiger partial charge in [0.25, 0.3) is 0 Å². The highest BCUT2D eigenvalue weighted by Crippen LogP contribution is 2.20. The number of nitrogens with one attached hydrogen (secondary N) is 2. The molecule has 1 unspecified atom stereocenters. The number of benzene rings is 2. The lowest BCUT2D eigenvalue weighted by atomic mass is 10.2. The van der Waals surface area contributed by atoms with Crippen molar-refractivity contribution >= 4 is 17.3 Å². The van der Waals surface area contributed by atoms with Crippen molar-refractivity contribution in [2.45, 2.75) is 19.6 Å².